The highest BCUT2D eigenvalue weighted by molar-refractivity contribution is 5.96. The summed E-state index contributed by atoms with van der Waals surface area (Å²) < 4.78 is 72.3. The minimum atomic E-state index is -4.78. The first-order valence-electron chi connectivity index (χ1n) is 11.2. The summed E-state index contributed by atoms with van der Waals surface area (Å²) in [6.07, 6.45) is -6.96. The molecule has 2 aliphatic heterocycles. The lowest BCUT2D eigenvalue weighted by Gasteiger charge is -2.43. The van der Waals surface area contributed by atoms with Gasteiger partial charge in [-0.05, 0) is 30.2 Å². The van der Waals surface area contributed by atoms with Gasteiger partial charge in [0.25, 0.3) is 5.91 Å². The Kier molecular flexibility index (Phi) is 6.17. The maximum Gasteiger partial charge on any atom is 0.416 e. The van der Waals surface area contributed by atoms with Crippen LogP contribution in [0.3, 0.4) is 0 Å². The third kappa shape index (κ3) is 3.99. The monoisotopic (exact) mass is 505 g/mol. The average Bonchev–Trinajstić information content (AvgIpc) is 3.46. The van der Waals surface area contributed by atoms with Gasteiger partial charge in [-0.1, -0.05) is 18.2 Å². The quantitative estimate of drug-likeness (QED) is 0.426. The molecule has 0 spiro atoms. The van der Waals surface area contributed by atoms with Crippen molar-refractivity contribution in [3.63, 3.8) is 0 Å². The van der Waals surface area contributed by atoms with Gasteiger partial charge in [-0.3, -0.25) is 24.8 Å². The van der Waals surface area contributed by atoms with Gasteiger partial charge in [-0.2, -0.15) is 23.0 Å². The highest BCUT2D eigenvalue weighted by Crippen LogP contribution is 2.46. The van der Waals surface area contributed by atoms with Crippen molar-refractivity contribution in [2.75, 3.05) is 6.54 Å². The van der Waals surface area contributed by atoms with E-state index in [1.165, 1.54) is 35.5 Å². The largest absolute Gasteiger partial charge is 0.416 e. The maximum atomic E-state index is 15.3. The number of alkyl halides is 5. The molecule has 188 valence electrons. The van der Waals surface area contributed by atoms with Crippen LogP contribution >= 0.6 is 0 Å². The van der Waals surface area contributed by atoms with E-state index in [1.807, 2.05) is 0 Å². The van der Waals surface area contributed by atoms with Crippen molar-refractivity contribution < 1.29 is 31.5 Å². The lowest BCUT2D eigenvalue weighted by molar-refractivity contribution is -0.140. The number of nitrogens with zero attached hydrogens (tertiary/aromatic N) is 4. The molecule has 4 heterocycles. The van der Waals surface area contributed by atoms with Crippen LogP contribution in [0.1, 0.15) is 61.9 Å². The number of aromatic nitrogens is 3. The number of hydrogen-bond donors (Lipinski definition) is 1. The van der Waals surface area contributed by atoms with Crippen LogP contribution in [-0.4, -0.2) is 50.7 Å². The molecule has 4 unspecified atom stereocenters. The maximum absolute atomic E-state index is 15.3. The van der Waals surface area contributed by atoms with Crippen molar-refractivity contribution in [2.45, 2.75) is 43.7 Å². The van der Waals surface area contributed by atoms with Gasteiger partial charge in [0.2, 0.25) is 0 Å². The summed E-state index contributed by atoms with van der Waals surface area (Å²) in [6, 6.07) is 5.98. The van der Waals surface area contributed by atoms with Crippen LogP contribution in [0.15, 0.2) is 48.8 Å². The fourth-order valence-electron chi connectivity index (χ4n) is 5.00. The number of halogens is 5. The fraction of sp³-hybridized carbons (Fsp3) is 0.333. The normalized spacial score (nSPS) is 24.5. The van der Waals surface area contributed by atoms with Crippen LogP contribution in [-0.2, 0) is 12.7 Å². The van der Waals surface area contributed by atoms with Gasteiger partial charge in [0.1, 0.15) is 11.9 Å². The molecule has 1 saturated heterocycles. The van der Waals surface area contributed by atoms with Gasteiger partial charge in [-0.25, -0.2) is 8.78 Å². The van der Waals surface area contributed by atoms with Crippen LogP contribution in [0, 0.1) is 0 Å². The Bertz CT molecular complexity index is 1300. The summed E-state index contributed by atoms with van der Waals surface area (Å²) in [5.41, 5.74) is -0.798. The molecular formula is C24H20F5N5O2. The third-order valence-electron chi connectivity index (χ3n) is 6.58. The van der Waals surface area contributed by atoms with E-state index < -0.39 is 47.8 Å². The highest BCUT2D eigenvalue weighted by atomic mass is 19.4. The molecule has 1 fully saturated rings. The average molecular weight is 505 g/mol. The molecule has 7 nitrogen and oxygen atoms in total. The lowest BCUT2D eigenvalue weighted by Crippen LogP contribution is -2.50. The molecule has 36 heavy (non-hydrogen) atoms. The summed E-state index contributed by atoms with van der Waals surface area (Å²) in [7, 11) is 0. The van der Waals surface area contributed by atoms with Crippen molar-refractivity contribution in [2.24, 2.45) is 0 Å². The Morgan fingerprint density at radius 2 is 1.92 bits per heavy atom. The number of hydrogen-bond acceptors (Lipinski definition) is 6. The number of piperidine rings is 1. The molecule has 1 N–H and O–H groups in total. The van der Waals surface area contributed by atoms with E-state index >= 15 is 4.39 Å². The van der Waals surface area contributed by atoms with Crippen LogP contribution in [0.2, 0.25) is 0 Å². The van der Waals surface area contributed by atoms with Crippen LogP contribution in [0.4, 0.5) is 22.0 Å². The molecule has 0 radical (unpaired) electrons. The second-order valence-corrected chi connectivity index (χ2v) is 8.62. The van der Waals surface area contributed by atoms with Crippen molar-refractivity contribution in [3.05, 3.63) is 82.4 Å². The molecule has 0 aliphatic carbocycles. The number of rotatable bonds is 4. The first kappa shape index (κ1) is 24.2. The van der Waals surface area contributed by atoms with E-state index in [0.717, 1.165) is 16.8 Å². The molecule has 0 amide bonds. The number of carbonyl (C=O) groups excluding carboxylic acids is 2. The SMILES string of the molecule is O=Cc1nn(C(=O)c2cccnc2)c2c1C(N1CCC(F)C(F)C1c1ccccc1C(F)(F)F)NC2. The lowest BCUT2D eigenvalue weighted by atomic mass is 9.88. The smallest absolute Gasteiger partial charge is 0.296 e. The summed E-state index contributed by atoms with van der Waals surface area (Å²) in [4.78, 5) is 30.2. The highest BCUT2D eigenvalue weighted by Gasteiger charge is 2.48. The van der Waals surface area contributed by atoms with E-state index in [1.54, 1.807) is 6.07 Å². The number of nitrogens with one attached hydrogen (secondary N) is 1. The minimum absolute atomic E-state index is 0.0347. The third-order valence-corrected chi connectivity index (χ3v) is 6.58. The van der Waals surface area contributed by atoms with E-state index in [4.69, 9.17) is 0 Å². The predicted octanol–water partition coefficient (Wildman–Crippen LogP) is 4.02. The zero-order chi connectivity index (χ0) is 25.6. The van der Waals surface area contributed by atoms with Crippen molar-refractivity contribution in [3.8, 4) is 0 Å². The Hall–Kier alpha value is -3.51. The van der Waals surface area contributed by atoms with Gasteiger partial charge in [0.15, 0.2) is 12.5 Å². The second kappa shape index (κ2) is 9.17. The molecular weight excluding hydrogens is 485 g/mol. The van der Waals surface area contributed by atoms with Crippen molar-refractivity contribution in [1.82, 2.24) is 25.0 Å². The Morgan fingerprint density at radius 1 is 1.14 bits per heavy atom. The minimum Gasteiger partial charge on any atom is -0.296 e. The zero-order valence-corrected chi connectivity index (χ0v) is 18.6. The molecule has 12 heteroatoms. The molecule has 0 bridgehead atoms. The van der Waals surface area contributed by atoms with E-state index in [9.17, 15) is 27.2 Å². The number of fused-ring (bicyclic) bond motifs is 1. The van der Waals surface area contributed by atoms with Crippen molar-refractivity contribution >= 4 is 12.2 Å². The number of benzene rings is 1. The van der Waals surface area contributed by atoms with Gasteiger partial charge in [-0.15, -0.1) is 0 Å². The molecule has 3 aromatic rings. The van der Waals surface area contributed by atoms with Gasteiger partial charge in [0, 0.05) is 31.0 Å². The van der Waals surface area contributed by atoms with Gasteiger partial charge < -0.3 is 0 Å². The topological polar surface area (TPSA) is 80.1 Å². The van der Waals surface area contributed by atoms with E-state index in [-0.39, 0.29) is 36.3 Å². The van der Waals surface area contributed by atoms with Crippen molar-refractivity contribution in [1.29, 1.82) is 0 Å². The van der Waals surface area contributed by atoms with Crippen LogP contribution in [0.25, 0.3) is 0 Å². The Morgan fingerprint density at radius 3 is 2.61 bits per heavy atom. The summed E-state index contributed by atoms with van der Waals surface area (Å²) in [6.45, 7) is -0.0530. The number of aldehydes is 1. The first-order chi connectivity index (χ1) is 17.2. The summed E-state index contributed by atoms with van der Waals surface area (Å²) >= 11 is 0. The zero-order valence-electron chi connectivity index (χ0n) is 18.6. The number of likely N-dealkylation sites (tertiary alicyclic amines) is 1. The Labute approximate surface area is 201 Å². The number of pyridine rings is 1. The predicted molar refractivity (Wildman–Crippen MR) is 116 cm³/mol. The summed E-state index contributed by atoms with van der Waals surface area (Å²) in [5, 5.41) is 7.17. The molecule has 5 rings (SSSR count). The van der Waals surface area contributed by atoms with Gasteiger partial charge >= 0.3 is 6.18 Å². The van der Waals surface area contributed by atoms with E-state index in [0.29, 0.717) is 12.0 Å². The molecule has 4 atom stereocenters. The number of carbonyl (C=O) groups is 2. The van der Waals surface area contributed by atoms with Crippen LogP contribution in [0.5, 0.6) is 0 Å². The molecule has 2 aromatic heterocycles. The molecule has 0 saturated carbocycles. The first-order valence-corrected chi connectivity index (χ1v) is 11.2. The van der Waals surface area contributed by atoms with Crippen LogP contribution < -0.4 is 5.32 Å². The van der Waals surface area contributed by atoms with Gasteiger partial charge in [0.05, 0.1) is 29.0 Å². The second-order valence-electron chi connectivity index (χ2n) is 8.62. The molecule has 1 aromatic carbocycles. The Balaban J connectivity index is 1.59. The van der Waals surface area contributed by atoms with E-state index in [2.05, 4.69) is 15.4 Å². The standard InChI is InChI=1S/C24H20F5N5O2/c25-16-7-9-33(21(20(16)26)14-5-1-2-6-15(14)24(27,28)29)22-19-17(12-35)32-34(18(19)11-31-22)23(36)13-4-3-8-30-10-13/h1-6,8,10,12,16,20-22,31H,7,9,11H2. The fourth-order valence-corrected chi connectivity index (χ4v) is 5.00. The summed E-state index contributed by atoms with van der Waals surface area (Å²) in [5.74, 6) is -0.556. The molecule has 2 aliphatic rings.